The molecule has 28 heavy (non-hydrogen) atoms. The normalized spacial score (nSPS) is 29.0. The fraction of sp³-hybridized carbons (Fsp3) is 0.706. The third-order valence-corrected chi connectivity index (χ3v) is 7.84. The van der Waals surface area contributed by atoms with Crippen molar-refractivity contribution in [2.75, 3.05) is 11.5 Å². The molecule has 154 valence electrons. The number of rotatable bonds is 5. The first-order chi connectivity index (χ1) is 13.3. The zero-order valence-corrected chi connectivity index (χ0v) is 16.7. The maximum absolute atomic E-state index is 12.4. The minimum absolute atomic E-state index is 0.0562. The summed E-state index contributed by atoms with van der Waals surface area (Å²) < 4.78 is 37.9. The summed E-state index contributed by atoms with van der Waals surface area (Å²) in [7, 11) is -3.50. The smallest absolute Gasteiger partial charge is 0.320 e. The second kappa shape index (κ2) is 7.12. The van der Waals surface area contributed by atoms with E-state index < -0.39 is 33.5 Å². The molecule has 4 rings (SSSR count). The third-order valence-electron chi connectivity index (χ3n) is 5.54. The van der Waals surface area contributed by atoms with E-state index in [1.165, 1.54) is 10.9 Å². The van der Waals surface area contributed by atoms with Crippen molar-refractivity contribution in [1.29, 1.82) is 0 Å². The van der Waals surface area contributed by atoms with E-state index in [4.69, 9.17) is 15.2 Å². The summed E-state index contributed by atoms with van der Waals surface area (Å²) >= 11 is 0. The highest BCUT2D eigenvalue weighted by molar-refractivity contribution is 7.92. The van der Waals surface area contributed by atoms with Gasteiger partial charge in [-0.25, -0.2) is 13.4 Å². The van der Waals surface area contributed by atoms with Crippen LogP contribution in [0.25, 0.3) is 11.2 Å². The zero-order valence-electron chi connectivity index (χ0n) is 15.9. The summed E-state index contributed by atoms with van der Waals surface area (Å²) in [4.78, 5) is 12.8. The average molecular weight is 411 g/mol. The highest BCUT2D eigenvalue weighted by Gasteiger charge is 2.49. The molecule has 0 radical (unpaired) electrons. The maximum atomic E-state index is 12.4. The fourth-order valence-corrected chi connectivity index (χ4v) is 5.65. The van der Waals surface area contributed by atoms with Crippen molar-refractivity contribution in [1.82, 2.24) is 19.5 Å². The molecule has 4 atom stereocenters. The van der Waals surface area contributed by atoms with Gasteiger partial charge >= 0.3 is 6.01 Å². The summed E-state index contributed by atoms with van der Waals surface area (Å²) in [5.74, 6) is 0.0870. The number of fused-ring (bicyclic) bond motifs is 1. The van der Waals surface area contributed by atoms with Crippen LogP contribution in [0.3, 0.4) is 0 Å². The number of imidazole rings is 1. The predicted octanol–water partition coefficient (Wildman–Crippen LogP) is 0.811. The lowest BCUT2D eigenvalue weighted by Gasteiger charge is -2.19. The van der Waals surface area contributed by atoms with Crippen molar-refractivity contribution in [2.24, 2.45) is 0 Å². The molecule has 0 bridgehead atoms. The second-order valence-corrected chi connectivity index (χ2v) is 9.83. The SMILES string of the molecule is CCS(=O)(=O)[C@@H]1[C@@H](O)[C@H](n2cnc3c(N)nc(OC4CCCC4)nc32)O[C@@H]1C. The Balaban J connectivity index is 1.70. The standard InChI is InChI=1S/C17H25N5O5S/c1-3-28(24,25)13-9(2)26-16(12(13)23)22-8-19-11-14(18)20-17(21-15(11)22)27-10-6-4-5-7-10/h8-10,12-13,16,23H,3-7H2,1-2H3,(H2,18,20,21)/t9-,12-,13+,16-/m1/s1. The van der Waals surface area contributed by atoms with Gasteiger partial charge in [0.15, 0.2) is 33.0 Å². The Morgan fingerprint density at radius 1 is 1.36 bits per heavy atom. The van der Waals surface area contributed by atoms with Crippen LogP contribution in [0.4, 0.5) is 5.82 Å². The molecule has 1 saturated carbocycles. The quantitative estimate of drug-likeness (QED) is 0.730. The summed E-state index contributed by atoms with van der Waals surface area (Å²) in [6, 6.07) is 0.150. The van der Waals surface area contributed by atoms with E-state index in [9.17, 15) is 13.5 Å². The topological polar surface area (TPSA) is 142 Å². The van der Waals surface area contributed by atoms with Gasteiger partial charge in [-0.2, -0.15) is 9.97 Å². The number of nitrogens with zero attached hydrogens (tertiary/aromatic N) is 4. The molecule has 1 aliphatic carbocycles. The molecule has 0 unspecified atom stereocenters. The van der Waals surface area contributed by atoms with Crippen LogP contribution in [-0.2, 0) is 14.6 Å². The number of nitrogen functional groups attached to an aromatic ring is 1. The van der Waals surface area contributed by atoms with Gasteiger partial charge in [-0.05, 0) is 32.6 Å². The van der Waals surface area contributed by atoms with Gasteiger partial charge in [0, 0.05) is 5.75 Å². The summed E-state index contributed by atoms with van der Waals surface area (Å²) in [6.07, 6.45) is 2.71. The lowest BCUT2D eigenvalue weighted by molar-refractivity contribution is -0.0298. The van der Waals surface area contributed by atoms with E-state index in [1.54, 1.807) is 13.8 Å². The number of anilines is 1. The number of aromatic nitrogens is 4. The summed E-state index contributed by atoms with van der Waals surface area (Å²) in [5.41, 5.74) is 6.71. The van der Waals surface area contributed by atoms with Gasteiger partial charge in [0.2, 0.25) is 0 Å². The van der Waals surface area contributed by atoms with E-state index in [-0.39, 0.29) is 23.7 Å². The van der Waals surface area contributed by atoms with Crippen molar-refractivity contribution in [2.45, 2.75) is 69.3 Å². The molecule has 0 aromatic carbocycles. The Bertz CT molecular complexity index is 972. The first kappa shape index (κ1) is 19.3. The first-order valence-corrected chi connectivity index (χ1v) is 11.2. The molecule has 1 saturated heterocycles. The molecule has 2 aromatic rings. The Hall–Kier alpha value is -1.98. The second-order valence-electron chi connectivity index (χ2n) is 7.38. The van der Waals surface area contributed by atoms with Crippen LogP contribution in [0.2, 0.25) is 0 Å². The molecule has 10 nitrogen and oxygen atoms in total. The number of sulfone groups is 1. The summed E-state index contributed by atoms with van der Waals surface area (Å²) in [5, 5.41) is 9.71. The van der Waals surface area contributed by atoms with Gasteiger partial charge in [0.25, 0.3) is 0 Å². The number of hydrogen-bond acceptors (Lipinski definition) is 9. The minimum Gasteiger partial charge on any atom is -0.460 e. The van der Waals surface area contributed by atoms with Gasteiger partial charge < -0.3 is 20.3 Å². The number of aliphatic hydroxyl groups is 1. The van der Waals surface area contributed by atoms with Crippen molar-refractivity contribution >= 4 is 26.8 Å². The molecule has 2 fully saturated rings. The predicted molar refractivity (Wildman–Crippen MR) is 101 cm³/mol. The van der Waals surface area contributed by atoms with Crippen molar-refractivity contribution < 1.29 is 23.0 Å². The van der Waals surface area contributed by atoms with Gasteiger partial charge in [0.05, 0.1) is 12.4 Å². The zero-order chi connectivity index (χ0) is 20.1. The third kappa shape index (κ3) is 3.20. The van der Waals surface area contributed by atoms with E-state index in [0.29, 0.717) is 11.2 Å². The Kier molecular flexibility index (Phi) is 4.92. The summed E-state index contributed by atoms with van der Waals surface area (Å²) in [6.45, 7) is 3.19. The van der Waals surface area contributed by atoms with Crippen LogP contribution in [-0.4, -0.2) is 62.4 Å². The molecule has 2 aromatic heterocycles. The van der Waals surface area contributed by atoms with E-state index in [1.807, 2.05) is 0 Å². The van der Waals surface area contributed by atoms with Crippen LogP contribution in [0, 0.1) is 0 Å². The lowest BCUT2D eigenvalue weighted by atomic mass is 10.2. The lowest BCUT2D eigenvalue weighted by Crippen LogP contribution is -2.39. The van der Waals surface area contributed by atoms with E-state index in [2.05, 4.69) is 15.0 Å². The Labute approximate surface area is 163 Å². The van der Waals surface area contributed by atoms with Crippen molar-refractivity contribution in [3.63, 3.8) is 0 Å². The Morgan fingerprint density at radius 2 is 2.07 bits per heavy atom. The average Bonchev–Trinajstić information content (AvgIpc) is 3.35. The molecule has 0 amide bonds. The number of hydrogen-bond donors (Lipinski definition) is 2. The first-order valence-electron chi connectivity index (χ1n) is 9.53. The highest BCUT2D eigenvalue weighted by atomic mass is 32.2. The van der Waals surface area contributed by atoms with Crippen LogP contribution < -0.4 is 10.5 Å². The molecule has 3 N–H and O–H groups in total. The molecule has 1 aliphatic heterocycles. The van der Waals surface area contributed by atoms with Gasteiger partial charge in [-0.1, -0.05) is 6.92 Å². The Morgan fingerprint density at radius 3 is 2.75 bits per heavy atom. The van der Waals surface area contributed by atoms with Crippen LogP contribution in [0.1, 0.15) is 45.8 Å². The van der Waals surface area contributed by atoms with Crippen molar-refractivity contribution in [3.8, 4) is 6.01 Å². The number of nitrogens with two attached hydrogens (primary N) is 1. The largest absolute Gasteiger partial charge is 0.460 e. The number of aliphatic hydroxyl groups excluding tert-OH is 1. The van der Waals surface area contributed by atoms with Gasteiger partial charge in [0.1, 0.15) is 17.5 Å². The monoisotopic (exact) mass is 411 g/mol. The molecule has 2 aliphatic rings. The minimum atomic E-state index is -3.50. The molecule has 3 heterocycles. The van der Waals surface area contributed by atoms with Crippen LogP contribution in [0.15, 0.2) is 6.33 Å². The highest BCUT2D eigenvalue weighted by Crippen LogP contribution is 2.36. The van der Waals surface area contributed by atoms with Gasteiger partial charge in [-0.15, -0.1) is 0 Å². The molecule has 11 heteroatoms. The van der Waals surface area contributed by atoms with E-state index in [0.717, 1.165) is 25.7 Å². The molecular formula is C17H25N5O5S. The van der Waals surface area contributed by atoms with Crippen LogP contribution in [0.5, 0.6) is 6.01 Å². The fourth-order valence-electron chi connectivity index (χ4n) is 4.06. The molecule has 0 spiro atoms. The van der Waals surface area contributed by atoms with E-state index >= 15 is 0 Å². The maximum Gasteiger partial charge on any atom is 0.320 e. The molecular weight excluding hydrogens is 386 g/mol. The van der Waals surface area contributed by atoms with Crippen molar-refractivity contribution in [3.05, 3.63) is 6.33 Å². The van der Waals surface area contributed by atoms with Gasteiger partial charge in [-0.3, -0.25) is 4.57 Å². The van der Waals surface area contributed by atoms with Crippen LogP contribution >= 0.6 is 0 Å². The number of ether oxygens (including phenoxy) is 2.